The Hall–Kier alpha value is -2.86. The number of methoxy groups -OCH3 is 1. The molecule has 0 aliphatic rings. The lowest BCUT2D eigenvalue weighted by molar-refractivity contribution is -0.142. The van der Waals surface area contributed by atoms with E-state index in [1.54, 1.807) is 25.1 Å². The van der Waals surface area contributed by atoms with Gasteiger partial charge in [-0.15, -0.1) is 0 Å². The van der Waals surface area contributed by atoms with Crippen LogP contribution in [0.4, 0.5) is 10.5 Å². The Bertz CT molecular complexity index is 718. The van der Waals surface area contributed by atoms with E-state index in [1.165, 1.54) is 7.11 Å². The van der Waals surface area contributed by atoms with Crippen LogP contribution in [0.25, 0.3) is 0 Å². The fourth-order valence-electron chi connectivity index (χ4n) is 2.35. The topological polar surface area (TPSA) is 93.4 Å². The van der Waals surface area contributed by atoms with Crippen molar-refractivity contribution in [2.75, 3.05) is 12.4 Å². The smallest absolute Gasteiger partial charge is 0.316 e. The highest BCUT2D eigenvalue weighted by Crippen LogP contribution is 2.24. The lowest BCUT2D eigenvalue weighted by Crippen LogP contribution is -2.43. The summed E-state index contributed by atoms with van der Waals surface area (Å²) < 4.78 is 5.46. The maximum atomic E-state index is 12.6. The molecule has 0 saturated heterocycles. The molecule has 2 aromatic carbocycles. The zero-order valence-corrected chi connectivity index (χ0v) is 13.7. The van der Waals surface area contributed by atoms with Crippen LogP contribution in [0.15, 0.2) is 54.6 Å². The first kappa shape index (κ1) is 17.5. The molecule has 4 N–H and O–H groups in total. The predicted octanol–water partition coefficient (Wildman–Crippen LogP) is 2.36. The molecule has 0 heterocycles. The quantitative estimate of drug-likeness (QED) is 0.760. The van der Waals surface area contributed by atoms with E-state index in [2.05, 4.69) is 10.6 Å². The van der Waals surface area contributed by atoms with E-state index in [-0.39, 0.29) is 5.91 Å². The zero-order chi connectivity index (χ0) is 17.6. The molecule has 2 aromatic rings. The van der Waals surface area contributed by atoms with Gasteiger partial charge in [0.15, 0.2) is 5.60 Å². The van der Waals surface area contributed by atoms with E-state index >= 15 is 0 Å². The van der Waals surface area contributed by atoms with Gasteiger partial charge in [-0.05, 0) is 30.2 Å². The molecular formula is C18H21N3O3. The first-order valence-electron chi connectivity index (χ1n) is 7.50. The second-order valence-corrected chi connectivity index (χ2v) is 5.48. The molecule has 0 aliphatic carbocycles. The highest BCUT2D eigenvalue weighted by atomic mass is 16.5. The number of urea groups is 1. The van der Waals surface area contributed by atoms with Crippen LogP contribution in [0, 0.1) is 0 Å². The Balaban J connectivity index is 2.08. The van der Waals surface area contributed by atoms with Gasteiger partial charge in [0.2, 0.25) is 0 Å². The van der Waals surface area contributed by atoms with Gasteiger partial charge in [0.25, 0.3) is 5.91 Å². The van der Waals surface area contributed by atoms with Crippen molar-refractivity contribution in [3.63, 3.8) is 0 Å². The molecule has 0 radical (unpaired) electrons. The van der Waals surface area contributed by atoms with Gasteiger partial charge in [0.1, 0.15) is 0 Å². The Morgan fingerprint density at radius 1 is 1.12 bits per heavy atom. The first-order valence-corrected chi connectivity index (χ1v) is 7.50. The number of nitrogens with one attached hydrogen (secondary N) is 2. The third kappa shape index (κ3) is 4.11. The molecule has 0 bridgehead atoms. The van der Waals surface area contributed by atoms with Crippen LogP contribution < -0.4 is 16.4 Å². The number of carbonyl (C=O) groups excluding carboxylic acids is 2. The lowest BCUT2D eigenvalue weighted by atomic mass is 9.94. The summed E-state index contributed by atoms with van der Waals surface area (Å²) in [5.74, 6) is -0.246. The molecule has 6 nitrogen and oxygen atoms in total. The molecule has 126 valence electrons. The maximum absolute atomic E-state index is 12.6. The van der Waals surface area contributed by atoms with Crippen LogP contribution in [0.3, 0.4) is 0 Å². The van der Waals surface area contributed by atoms with Crippen LogP contribution in [0.5, 0.6) is 0 Å². The number of hydrogen-bond donors (Lipinski definition) is 3. The van der Waals surface area contributed by atoms with Crippen molar-refractivity contribution in [2.45, 2.75) is 19.1 Å². The molecule has 6 heteroatoms. The van der Waals surface area contributed by atoms with Gasteiger partial charge >= 0.3 is 6.03 Å². The number of amides is 3. The SMILES string of the molecule is COC(C)(C(=O)NCc1cccc(NC(N)=O)c1)c1ccccc1. The van der Waals surface area contributed by atoms with Crippen molar-refractivity contribution < 1.29 is 14.3 Å². The van der Waals surface area contributed by atoms with Crippen LogP contribution in [0.2, 0.25) is 0 Å². The lowest BCUT2D eigenvalue weighted by Gasteiger charge is -2.27. The molecule has 0 fully saturated rings. The summed E-state index contributed by atoms with van der Waals surface area (Å²) in [4.78, 5) is 23.5. The molecule has 3 amide bonds. The molecule has 0 aromatic heterocycles. The molecule has 0 saturated carbocycles. The summed E-state index contributed by atoms with van der Waals surface area (Å²) >= 11 is 0. The van der Waals surface area contributed by atoms with Crippen molar-refractivity contribution in [2.24, 2.45) is 5.73 Å². The second kappa shape index (κ2) is 7.61. The number of nitrogens with two attached hydrogens (primary N) is 1. The molecule has 0 spiro atoms. The first-order chi connectivity index (χ1) is 11.5. The normalized spacial score (nSPS) is 12.9. The van der Waals surface area contributed by atoms with E-state index in [9.17, 15) is 9.59 Å². The monoisotopic (exact) mass is 327 g/mol. The Labute approximate surface area is 141 Å². The second-order valence-electron chi connectivity index (χ2n) is 5.48. The Kier molecular flexibility index (Phi) is 5.55. The summed E-state index contributed by atoms with van der Waals surface area (Å²) in [6.45, 7) is 2.03. The van der Waals surface area contributed by atoms with E-state index in [1.807, 2.05) is 36.4 Å². The molecule has 1 unspecified atom stereocenters. The number of rotatable bonds is 6. The number of benzene rings is 2. The van der Waals surface area contributed by atoms with Gasteiger partial charge < -0.3 is 21.1 Å². The minimum atomic E-state index is -1.08. The average Bonchev–Trinajstić information content (AvgIpc) is 2.59. The van der Waals surface area contributed by atoms with Gasteiger partial charge in [-0.3, -0.25) is 4.79 Å². The highest BCUT2D eigenvalue weighted by molar-refractivity contribution is 5.88. The maximum Gasteiger partial charge on any atom is 0.316 e. The fraction of sp³-hybridized carbons (Fsp3) is 0.222. The zero-order valence-electron chi connectivity index (χ0n) is 13.7. The summed E-state index contributed by atoms with van der Waals surface area (Å²) in [5.41, 5.74) is 6.20. The van der Waals surface area contributed by atoms with Crippen LogP contribution in [0.1, 0.15) is 18.1 Å². The average molecular weight is 327 g/mol. The van der Waals surface area contributed by atoms with Gasteiger partial charge in [0, 0.05) is 19.3 Å². The van der Waals surface area contributed by atoms with Crippen molar-refractivity contribution in [1.82, 2.24) is 5.32 Å². The van der Waals surface area contributed by atoms with E-state index in [0.717, 1.165) is 11.1 Å². The van der Waals surface area contributed by atoms with Gasteiger partial charge in [-0.1, -0.05) is 42.5 Å². The number of anilines is 1. The van der Waals surface area contributed by atoms with Crippen molar-refractivity contribution in [3.05, 3.63) is 65.7 Å². The van der Waals surface area contributed by atoms with Crippen molar-refractivity contribution >= 4 is 17.6 Å². The third-order valence-electron chi connectivity index (χ3n) is 3.81. The molecule has 1 atom stereocenters. The molecule has 0 aliphatic heterocycles. The van der Waals surface area contributed by atoms with Crippen molar-refractivity contribution in [1.29, 1.82) is 0 Å². The third-order valence-corrected chi connectivity index (χ3v) is 3.81. The number of hydrogen-bond acceptors (Lipinski definition) is 3. The minimum absolute atomic E-state index is 0.246. The summed E-state index contributed by atoms with van der Waals surface area (Å²) in [7, 11) is 1.50. The predicted molar refractivity (Wildman–Crippen MR) is 92.3 cm³/mol. The van der Waals surface area contributed by atoms with Gasteiger partial charge in [0.05, 0.1) is 0 Å². The molecular weight excluding hydrogens is 306 g/mol. The molecule has 24 heavy (non-hydrogen) atoms. The Morgan fingerprint density at radius 2 is 1.83 bits per heavy atom. The van der Waals surface area contributed by atoms with E-state index in [0.29, 0.717) is 12.2 Å². The summed E-state index contributed by atoms with van der Waals surface area (Å²) in [6, 6.07) is 15.8. The van der Waals surface area contributed by atoms with Crippen LogP contribution >= 0.6 is 0 Å². The van der Waals surface area contributed by atoms with Crippen LogP contribution in [-0.2, 0) is 21.7 Å². The molecule has 2 rings (SSSR count). The van der Waals surface area contributed by atoms with Gasteiger partial charge in [-0.2, -0.15) is 0 Å². The number of ether oxygens (including phenoxy) is 1. The Morgan fingerprint density at radius 3 is 2.46 bits per heavy atom. The van der Waals surface area contributed by atoms with E-state index < -0.39 is 11.6 Å². The summed E-state index contributed by atoms with van der Waals surface area (Å²) in [5, 5.41) is 5.36. The van der Waals surface area contributed by atoms with Crippen molar-refractivity contribution in [3.8, 4) is 0 Å². The standard InChI is InChI=1S/C18H21N3O3/c1-18(24-2,14-8-4-3-5-9-14)16(22)20-12-13-7-6-10-15(11-13)21-17(19)23/h3-11H,12H2,1-2H3,(H,20,22)(H3,19,21,23). The van der Waals surface area contributed by atoms with Crippen LogP contribution in [-0.4, -0.2) is 19.0 Å². The highest BCUT2D eigenvalue weighted by Gasteiger charge is 2.34. The largest absolute Gasteiger partial charge is 0.364 e. The fourth-order valence-corrected chi connectivity index (χ4v) is 2.35. The number of primary amides is 1. The summed E-state index contributed by atoms with van der Waals surface area (Å²) in [6.07, 6.45) is 0. The minimum Gasteiger partial charge on any atom is -0.364 e. The van der Waals surface area contributed by atoms with E-state index in [4.69, 9.17) is 10.5 Å². The van der Waals surface area contributed by atoms with Gasteiger partial charge in [-0.25, -0.2) is 4.79 Å². The number of carbonyl (C=O) groups is 2.